The van der Waals surface area contributed by atoms with Crippen molar-refractivity contribution in [2.75, 3.05) is 33.3 Å². The Morgan fingerprint density at radius 1 is 1.55 bits per heavy atom. The molecule has 0 saturated carbocycles. The summed E-state index contributed by atoms with van der Waals surface area (Å²) in [5, 5.41) is 10.6. The van der Waals surface area contributed by atoms with Gasteiger partial charge in [0.2, 0.25) is 5.91 Å². The Morgan fingerprint density at radius 3 is 2.75 bits per heavy atom. The zero-order valence-electron chi connectivity index (χ0n) is 11.2. The molecule has 0 spiro atoms. The minimum Gasteiger partial charge on any atom is -0.395 e. The van der Waals surface area contributed by atoms with Crippen molar-refractivity contribution in [3.05, 3.63) is 30.2 Å². The second-order valence-corrected chi connectivity index (χ2v) is 7.26. The third-order valence-electron chi connectivity index (χ3n) is 2.59. The highest BCUT2D eigenvalue weighted by atomic mass is 32.2. The number of carbonyl (C=O) groups excluding carboxylic acids is 1. The first kappa shape index (κ1) is 16.8. The predicted molar refractivity (Wildman–Crippen MR) is 78.0 cm³/mol. The van der Waals surface area contributed by atoms with E-state index in [1.807, 2.05) is 0 Å². The molecule has 0 atom stereocenters. The van der Waals surface area contributed by atoms with Gasteiger partial charge in [0.15, 0.2) is 0 Å². The lowest BCUT2D eigenvalue weighted by molar-refractivity contribution is -0.131. The molecule has 1 rings (SSSR count). The summed E-state index contributed by atoms with van der Waals surface area (Å²) in [5.41, 5.74) is 0. The summed E-state index contributed by atoms with van der Waals surface area (Å²) < 4.78 is 25.5. The van der Waals surface area contributed by atoms with Crippen LogP contribution in [0.3, 0.4) is 0 Å². The molecular formula is C12H18N2O4S2. The standard InChI is InChI=1S/C12H18N2O4S2/c1-3-6-14(7-8-15)11(16)10-13(2)20(17,18)12-5-4-9-19-12/h3-5,9,15H,1,6-8,10H2,2H3. The molecule has 112 valence electrons. The van der Waals surface area contributed by atoms with Crippen LogP contribution in [-0.4, -0.2) is 61.9 Å². The average Bonchev–Trinajstić information content (AvgIpc) is 2.92. The number of nitrogens with zero attached hydrogens (tertiary/aromatic N) is 2. The van der Waals surface area contributed by atoms with Gasteiger partial charge in [-0.15, -0.1) is 17.9 Å². The molecule has 1 aromatic rings. The Kier molecular flexibility index (Phi) is 6.34. The third-order valence-corrected chi connectivity index (χ3v) is 5.77. The molecule has 0 unspecified atom stereocenters. The molecule has 0 aliphatic heterocycles. The van der Waals surface area contributed by atoms with Gasteiger partial charge >= 0.3 is 0 Å². The van der Waals surface area contributed by atoms with Gasteiger partial charge in [-0.1, -0.05) is 12.1 Å². The fourth-order valence-electron chi connectivity index (χ4n) is 1.53. The first-order chi connectivity index (χ1) is 9.43. The lowest BCUT2D eigenvalue weighted by atomic mass is 10.4. The Morgan fingerprint density at radius 2 is 2.25 bits per heavy atom. The van der Waals surface area contributed by atoms with Crippen LogP contribution in [0.2, 0.25) is 0 Å². The highest BCUT2D eigenvalue weighted by Gasteiger charge is 2.25. The number of aliphatic hydroxyl groups is 1. The van der Waals surface area contributed by atoms with Crippen molar-refractivity contribution >= 4 is 27.3 Å². The lowest BCUT2D eigenvalue weighted by Crippen LogP contribution is -2.42. The molecule has 0 saturated heterocycles. The van der Waals surface area contributed by atoms with E-state index in [0.717, 1.165) is 15.6 Å². The van der Waals surface area contributed by atoms with E-state index in [9.17, 15) is 13.2 Å². The zero-order chi connectivity index (χ0) is 15.2. The van der Waals surface area contributed by atoms with Crippen molar-refractivity contribution in [1.82, 2.24) is 9.21 Å². The number of thiophene rings is 1. The second kappa shape index (κ2) is 7.53. The van der Waals surface area contributed by atoms with Crippen LogP contribution in [0.4, 0.5) is 0 Å². The van der Waals surface area contributed by atoms with Crippen molar-refractivity contribution in [3.63, 3.8) is 0 Å². The molecular weight excluding hydrogens is 300 g/mol. The van der Waals surface area contributed by atoms with Gasteiger partial charge in [0, 0.05) is 20.1 Å². The van der Waals surface area contributed by atoms with E-state index in [0.29, 0.717) is 0 Å². The lowest BCUT2D eigenvalue weighted by Gasteiger charge is -2.23. The maximum Gasteiger partial charge on any atom is 0.252 e. The van der Waals surface area contributed by atoms with Crippen LogP contribution in [-0.2, 0) is 14.8 Å². The van der Waals surface area contributed by atoms with Gasteiger partial charge in [-0.2, -0.15) is 4.31 Å². The van der Waals surface area contributed by atoms with Gasteiger partial charge < -0.3 is 10.0 Å². The number of amides is 1. The fourth-order valence-corrected chi connectivity index (χ4v) is 3.85. The molecule has 1 heterocycles. The summed E-state index contributed by atoms with van der Waals surface area (Å²) in [6.45, 7) is 3.50. The number of aliphatic hydroxyl groups excluding tert-OH is 1. The van der Waals surface area contributed by atoms with Crippen LogP contribution in [0.15, 0.2) is 34.4 Å². The van der Waals surface area contributed by atoms with E-state index in [1.54, 1.807) is 11.4 Å². The van der Waals surface area contributed by atoms with Crippen LogP contribution < -0.4 is 0 Å². The van der Waals surface area contributed by atoms with Crippen molar-refractivity contribution in [3.8, 4) is 0 Å². The maximum absolute atomic E-state index is 12.2. The Bertz CT molecular complexity index is 540. The summed E-state index contributed by atoms with van der Waals surface area (Å²) >= 11 is 1.10. The SMILES string of the molecule is C=CCN(CCO)C(=O)CN(C)S(=O)(=O)c1cccs1. The minimum absolute atomic E-state index is 0.151. The van der Waals surface area contributed by atoms with Crippen LogP contribution in [0.1, 0.15) is 0 Å². The van der Waals surface area contributed by atoms with Gasteiger partial charge in [0.05, 0.1) is 13.2 Å². The summed E-state index contributed by atoms with van der Waals surface area (Å²) in [6.07, 6.45) is 1.53. The molecule has 0 radical (unpaired) electrons. The normalized spacial score (nSPS) is 11.6. The maximum atomic E-state index is 12.2. The van der Waals surface area contributed by atoms with Crippen LogP contribution >= 0.6 is 11.3 Å². The number of likely N-dealkylation sites (N-methyl/N-ethyl adjacent to an activating group) is 1. The van der Waals surface area contributed by atoms with E-state index in [-0.39, 0.29) is 36.4 Å². The Hall–Kier alpha value is -1.22. The molecule has 0 aliphatic rings. The number of hydrogen-bond acceptors (Lipinski definition) is 5. The molecule has 1 N–H and O–H groups in total. The molecule has 0 bridgehead atoms. The highest BCUT2D eigenvalue weighted by molar-refractivity contribution is 7.91. The minimum atomic E-state index is -3.64. The summed E-state index contributed by atoms with van der Waals surface area (Å²) in [5.74, 6) is -0.374. The van der Waals surface area contributed by atoms with E-state index in [4.69, 9.17) is 5.11 Å². The van der Waals surface area contributed by atoms with E-state index >= 15 is 0 Å². The quantitative estimate of drug-likeness (QED) is 0.703. The number of rotatable bonds is 8. The van der Waals surface area contributed by atoms with Gasteiger partial charge in [-0.3, -0.25) is 4.79 Å². The molecule has 6 nitrogen and oxygen atoms in total. The van der Waals surface area contributed by atoms with Gasteiger partial charge in [-0.05, 0) is 11.4 Å². The van der Waals surface area contributed by atoms with Crippen molar-refractivity contribution in [2.45, 2.75) is 4.21 Å². The first-order valence-corrected chi connectivity index (χ1v) is 8.24. The second-order valence-electron chi connectivity index (χ2n) is 4.05. The van der Waals surface area contributed by atoms with Crippen molar-refractivity contribution < 1.29 is 18.3 Å². The van der Waals surface area contributed by atoms with Crippen molar-refractivity contribution in [2.24, 2.45) is 0 Å². The number of carbonyl (C=O) groups is 1. The molecule has 20 heavy (non-hydrogen) atoms. The monoisotopic (exact) mass is 318 g/mol. The van der Waals surface area contributed by atoms with Crippen molar-refractivity contribution in [1.29, 1.82) is 0 Å². The molecule has 1 aromatic heterocycles. The molecule has 0 fully saturated rings. The molecule has 1 amide bonds. The smallest absolute Gasteiger partial charge is 0.252 e. The molecule has 0 aliphatic carbocycles. The predicted octanol–water partition coefficient (Wildman–Crippen LogP) is 0.376. The Balaban J connectivity index is 2.76. The molecule has 8 heteroatoms. The van der Waals surface area contributed by atoms with Crippen LogP contribution in [0.25, 0.3) is 0 Å². The largest absolute Gasteiger partial charge is 0.395 e. The number of sulfonamides is 1. The summed E-state index contributed by atoms with van der Waals surface area (Å²) in [6, 6.07) is 3.14. The van der Waals surface area contributed by atoms with Gasteiger partial charge in [0.1, 0.15) is 4.21 Å². The van der Waals surface area contributed by atoms with Gasteiger partial charge in [-0.25, -0.2) is 8.42 Å². The average molecular weight is 318 g/mol. The van der Waals surface area contributed by atoms with Gasteiger partial charge in [0.25, 0.3) is 10.0 Å². The van der Waals surface area contributed by atoms with E-state index < -0.39 is 10.0 Å². The molecule has 0 aromatic carbocycles. The van der Waals surface area contributed by atoms with E-state index in [2.05, 4.69) is 6.58 Å². The Labute approximate surface area is 123 Å². The number of hydrogen-bond donors (Lipinski definition) is 1. The first-order valence-electron chi connectivity index (χ1n) is 5.93. The van der Waals surface area contributed by atoms with E-state index in [1.165, 1.54) is 24.1 Å². The summed E-state index contributed by atoms with van der Waals surface area (Å²) in [4.78, 5) is 13.4. The highest BCUT2D eigenvalue weighted by Crippen LogP contribution is 2.19. The fraction of sp³-hybridized carbons (Fsp3) is 0.417. The zero-order valence-corrected chi connectivity index (χ0v) is 12.9. The van der Waals surface area contributed by atoms with Crippen LogP contribution in [0.5, 0.6) is 0 Å². The van der Waals surface area contributed by atoms with Crippen LogP contribution in [0, 0.1) is 0 Å². The third kappa shape index (κ3) is 4.14. The summed E-state index contributed by atoms with van der Waals surface area (Å²) in [7, 11) is -2.28. The topological polar surface area (TPSA) is 77.9 Å².